The molecule has 0 saturated carbocycles. The van der Waals surface area contributed by atoms with Crippen LogP contribution < -0.4 is 15.8 Å². The number of aromatic nitrogens is 2. The van der Waals surface area contributed by atoms with Crippen molar-refractivity contribution >= 4 is 33.6 Å². The highest BCUT2D eigenvalue weighted by Gasteiger charge is 2.10. The fraction of sp³-hybridized carbons (Fsp3) is 0.154. The second-order valence-corrected chi connectivity index (χ2v) is 5.08. The van der Waals surface area contributed by atoms with Gasteiger partial charge >= 0.3 is 0 Å². The van der Waals surface area contributed by atoms with Gasteiger partial charge in [-0.25, -0.2) is 0 Å². The van der Waals surface area contributed by atoms with Gasteiger partial charge in [-0.15, -0.1) is 0 Å². The highest BCUT2D eigenvalue weighted by Crippen LogP contribution is 2.19. The largest absolute Gasteiger partial charge is 0.484 e. The van der Waals surface area contributed by atoms with Crippen molar-refractivity contribution in [1.29, 1.82) is 0 Å². The maximum absolute atomic E-state index is 11.7. The summed E-state index contributed by atoms with van der Waals surface area (Å²) in [4.78, 5) is 22.7. The van der Waals surface area contributed by atoms with Crippen molar-refractivity contribution in [2.24, 2.45) is 12.8 Å². The predicted octanol–water partition coefficient (Wildman–Crippen LogP) is 1.30. The molecule has 1 aromatic carbocycles. The van der Waals surface area contributed by atoms with E-state index in [1.54, 1.807) is 30.1 Å². The lowest BCUT2D eigenvalue weighted by molar-refractivity contribution is -0.118. The number of carbonyl (C=O) groups is 2. The Morgan fingerprint density at radius 2 is 2.05 bits per heavy atom. The fourth-order valence-corrected chi connectivity index (χ4v) is 2.05. The van der Waals surface area contributed by atoms with Crippen LogP contribution >= 0.6 is 15.9 Å². The molecule has 3 N–H and O–H groups in total. The normalized spacial score (nSPS) is 10.2. The number of carbonyl (C=O) groups excluding carboxylic acids is 2. The van der Waals surface area contributed by atoms with Crippen LogP contribution in [0.25, 0.3) is 0 Å². The van der Waals surface area contributed by atoms with Gasteiger partial charge in [0.25, 0.3) is 5.91 Å². The number of benzene rings is 1. The second kappa shape index (κ2) is 6.40. The number of nitrogens with one attached hydrogen (secondary N) is 1. The van der Waals surface area contributed by atoms with Gasteiger partial charge in [-0.1, -0.05) is 0 Å². The van der Waals surface area contributed by atoms with E-state index in [0.717, 1.165) is 0 Å². The first-order valence-corrected chi connectivity index (χ1v) is 6.76. The third-order valence-corrected chi connectivity index (χ3v) is 3.13. The summed E-state index contributed by atoms with van der Waals surface area (Å²) in [6.07, 6.45) is 1.72. The Labute approximate surface area is 129 Å². The van der Waals surface area contributed by atoms with E-state index in [0.29, 0.717) is 21.6 Å². The minimum absolute atomic E-state index is 0.168. The lowest BCUT2D eigenvalue weighted by Gasteiger charge is -2.06. The van der Waals surface area contributed by atoms with E-state index in [2.05, 4.69) is 26.3 Å². The van der Waals surface area contributed by atoms with Crippen molar-refractivity contribution in [3.05, 3.63) is 40.5 Å². The predicted molar refractivity (Wildman–Crippen MR) is 80.0 cm³/mol. The lowest BCUT2D eigenvalue weighted by atomic mass is 10.2. The van der Waals surface area contributed by atoms with E-state index in [1.165, 1.54) is 12.1 Å². The van der Waals surface area contributed by atoms with E-state index >= 15 is 0 Å². The molecule has 2 aromatic rings. The molecule has 8 heteroatoms. The summed E-state index contributed by atoms with van der Waals surface area (Å²) < 4.78 is 7.56. The topological polar surface area (TPSA) is 99.2 Å². The molecular formula is C13H13BrN4O3. The van der Waals surface area contributed by atoms with Crippen LogP contribution in [0.4, 0.5) is 5.82 Å². The first-order chi connectivity index (χ1) is 9.95. The molecule has 7 nitrogen and oxygen atoms in total. The lowest BCUT2D eigenvalue weighted by Crippen LogP contribution is -2.20. The van der Waals surface area contributed by atoms with Crippen LogP contribution in [0.3, 0.4) is 0 Å². The Hall–Kier alpha value is -2.35. The van der Waals surface area contributed by atoms with Crippen LogP contribution in [0, 0.1) is 0 Å². The molecule has 0 atom stereocenters. The molecule has 0 aliphatic carbocycles. The number of ether oxygens (including phenoxy) is 1. The Bertz CT molecular complexity index is 667. The number of halogens is 1. The third kappa shape index (κ3) is 4.06. The maximum atomic E-state index is 11.7. The van der Waals surface area contributed by atoms with E-state index in [4.69, 9.17) is 10.5 Å². The summed E-state index contributed by atoms with van der Waals surface area (Å²) in [6, 6.07) is 6.21. The molecule has 2 rings (SSSR count). The van der Waals surface area contributed by atoms with Crippen LogP contribution in [0.2, 0.25) is 0 Å². The van der Waals surface area contributed by atoms with Crippen molar-refractivity contribution < 1.29 is 14.3 Å². The molecule has 0 fully saturated rings. The van der Waals surface area contributed by atoms with E-state index in [-0.39, 0.29) is 12.5 Å². The highest BCUT2D eigenvalue weighted by atomic mass is 79.9. The Balaban J connectivity index is 1.89. The minimum atomic E-state index is -0.515. The summed E-state index contributed by atoms with van der Waals surface area (Å²) in [7, 11) is 1.75. The number of rotatable bonds is 5. The number of nitrogens with two attached hydrogens (primary N) is 1. The quantitative estimate of drug-likeness (QED) is 0.846. The van der Waals surface area contributed by atoms with Gasteiger partial charge in [0, 0.05) is 18.8 Å². The monoisotopic (exact) mass is 352 g/mol. The van der Waals surface area contributed by atoms with Gasteiger partial charge in [0.2, 0.25) is 5.91 Å². The van der Waals surface area contributed by atoms with Crippen LogP contribution in [-0.2, 0) is 11.8 Å². The molecule has 110 valence electrons. The molecular weight excluding hydrogens is 340 g/mol. The molecule has 21 heavy (non-hydrogen) atoms. The van der Waals surface area contributed by atoms with Crippen molar-refractivity contribution in [3.63, 3.8) is 0 Å². The number of primary amides is 1. The van der Waals surface area contributed by atoms with Crippen molar-refractivity contribution in [2.75, 3.05) is 11.9 Å². The first-order valence-electron chi connectivity index (χ1n) is 5.97. The van der Waals surface area contributed by atoms with Gasteiger partial charge in [0.15, 0.2) is 12.4 Å². The number of hydrogen-bond acceptors (Lipinski definition) is 4. The SMILES string of the molecule is Cn1cc(Br)c(NC(=O)COc2ccc(C(N)=O)cc2)n1. The average molecular weight is 353 g/mol. The first kappa shape index (κ1) is 15.0. The maximum Gasteiger partial charge on any atom is 0.263 e. The third-order valence-electron chi connectivity index (χ3n) is 2.55. The second-order valence-electron chi connectivity index (χ2n) is 4.22. The van der Waals surface area contributed by atoms with Gasteiger partial charge in [-0.3, -0.25) is 14.3 Å². The summed E-state index contributed by atoms with van der Waals surface area (Å²) in [5.41, 5.74) is 5.51. The van der Waals surface area contributed by atoms with E-state index < -0.39 is 5.91 Å². The van der Waals surface area contributed by atoms with Crippen LogP contribution in [0.5, 0.6) is 5.75 Å². The number of amides is 2. The van der Waals surface area contributed by atoms with Crippen LogP contribution in [-0.4, -0.2) is 28.2 Å². The average Bonchev–Trinajstić information content (AvgIpc) is 2.75. The highest BCUT2D eigenvalue weighted by molar-refractivity contribution is 9.10. The molecule has 0 saturated heterocycles. The molecule has 0 bridgehead atoms. The zero-order chi connectivity index (χ0) is 15.4. The Morgan fingerprint density at radius 3 is 2.57 bits per heavy atom. The van der Waals surface area contributed by atoms with Gasteiger partial charge in [-0.05, 0) is 40.2 Å². The summed E-state index contributed by atoms with van der Waals surface area (Å²) >= 11 is 3.28. The molecule has 0 aliphatic heterocycles. The zero-order valence-corrected chi connectivity index (χ0v) is 12.8. The zero-order valence-electron chi connectivity index (χ0n) is 11.2. The molecule has 1 heterocycles. The van der Waals surface area contributed by atoms with E-state index in [9.17, 15) is 9.59 Å². The molecule has 0 spiro atoms. The van der Waals surface area contributed by atoms with Crippen LogP contribution in [0.15, 0.2) is 34.9 Å². The summed E-state index contributed by atoms with van der Waals surface area (Å²) in [6.45, 7) is -0.168. The van der Waals surface area contributed by atoms with Crippen LogP contribution in [0.1, 0.15) is 10.4 Å². The number of anilines is 1. The van der Waals surface area contributed by atoms with Gasteiger partial charge in [-0.2, -0.15) is 5.10 Å². The number of hydrogen-bond donors (Lipinski definition) is 2. The van der Waals surface area contributed by atoms with E-state index in [1.807, 2.05) is 0 Å². The van der Waals surface area contributed by atoms with Gasteiger partial charge in [0.05, 0.1) is 4.47 Å². The standard InChI is InChI=1S/C13H13BrN4O3/c1-18-6-10(14)13(17-18)16-11(19)7-21-9-4-2-8(3-5-9)12(15)20/h2-6H,7H2,1H3,(H2,15,20)(H,16,17,19). The van der Waals surface area contributed by atoms with Crippen molar-refractivity contribution in [3.8, 4) is 5.75 Å². The number of aryl methyl sites for hydroxylation is 1. The summed E-state index contributed by atoms with van der Waals surface area (Å²) in [5.74, 6) is 0.0399. The molecule has 0 aliphatic rings. The minimum Gasteiger partial charge on any atom is -0.484 e. The fourth-order valence-electron chi connectivity index (χ4n) is 1.58. The van der Waals surface area contributed by atoms with Gasteiger partial charge < -0.3 is 15.8 Å². The molecule has 1 aromatic heterocycles. The molecule has 0 radical (unpaired) electrons. The Morgan fingerprint density at radius 1 is 1.38 bits per heavy atom. The number of nitrogens with zero attached hydrogens (tertiary/aromatic N) is 2. The smallest absolute Gasteiger partial charge is 0.263 e. The Kier molecular flexibility index (Phi) is 4.59. The van der Waals surface area contributed by atoms with Crippen molar-refractivity contribution in [2.45, 2.75) is 0 Å². The molecule has 0 unspecified atom stereocenters. The van der Waals surface area contributed by atoms with Gasteiger partial charge in [0.1, 0.15) is 5.75 Å². The molecule has 2 amide bonds. The summed E-state index contributed by atoms with van der Waals surface area (Å²) in [5, 5.41) is 6.68. The van der Waals surface area contributed by atoms with Crippen molar-refractivity contribution in [1.82, 2.24) is 9.78 Å².